The molecule has 0 saturated carbocycles. The second-order valence-corrected chi connectivity index (χ2v) is 5.50. The lowest BCUT2D eigenvalue weighted by Crippen LogP contribution is -2.28. The number of carbonyl (C=O) groups excluding carboxylic acids is 1. The number of nitrogens with one attached hydrogen (secondary N) is 1. The van der Waals surface area contributed by atoms with Crippen LogP contribution in [0.1, 0.15) is 30.4 Å². The molecule has 1 amide bonds. The Morgan fingerprint density at radius 3 is 3.06 bits per heavy atom. The number of benzene rings is 1. The normalized spacial score (nSPS) is 22.8. The van der Waals surface area contributed by atoms with E-state index in [0.29, 0.717) is 12.5 Å². The van der Waals surface area contributed by atoms with Gasteiger partial charge in [0.25, 0.3) is 0 Å². The van der Waals surface area contributed by atoms with Crippen LogP contribution in [0.2, 0.25) is 0 Å². The molecule has 2 aliphatic rings. The molecular formula is C15H20N2O. The van der Waals surface area contributed by atoms with E-state index >= 15 is 0 Å². The van der Waals surface area contributed by atoms with Crippen molar-refractivity contribution in [1.29, 1.82) is 0 Å². The van der Waals surface area contributed by atoms with Crippen molar-refractivity contribution in [2.75, 3.05) is 18.5 Å². The fourth-order valence-electron chi connectivity index (χ4n) is 3.08. The van der Waals surface area contributed by atoms with E-state index in [1.807, 2.05) is 0 Å². The third kappa shape index (κ3) is 2.22. The molecule has 3 heteroatoms. The molecule has 3 nitrogen and oxygen atoms in total. The first kappa shape index (κ1) is 11.6. The fraction of sp³-hybridized carbons (Fsp3) is 0.533. The molecule has 96 valence electrons. The molecule has 0 spiro atoms. The number of nitrogens with zero attached hydrogens (tertiary/aromatic N) is 1. The molecule has 1 fully saturated rings. The Bertz CT molecular complexity index is 470. The lowest BCUT2D eigenvalue weighted by molar-refractivity contribution is -0.119. The van der Waals surface area contributed by atoms with Crippen molar-refractivity contribution in [3.05, 3.63) is 29.3 Å². The predicted octanol–water partition coefficient (Wildman–Crippen LogP) is 1.89. The first-order chi connectivity index (χ1) is 8.72. The summed E-state index contributed by atoms with van der Waals surface area (Å²) in [4.78, 5) is 13.5. The molecule has 1 unspecified atom stereocenters. The average molecular weight is 244 g/mol. The molecule has 0 bridgehead atoms. The summed E-state index contributed by atoms with van der Waals surface area (Å²) >= 11 is 0. The molecule has 1 aromatic rings. The van der Waals surface area contributed by atoms with Crippen molar-refractivity contribution in [3.63, 3.8) is 0 Å². The number of carbonyl (C=O) groups is 1. The van der Waals surface area contributed by atoms with Gasteiger partial charge in [-0.1, -0.05) is 12.1 Å². The second kappa shape index (κ2) is 4.63. The Labute approximate surface area is 108 Å². The van der Waals surface area contributed by atoms with Crippen molar-refractivity contribution in [3.8, 4) is 0 Å². The number of hydrogen-bond acceptors (Lipinski definition) is 2. The third-order valence-corrected chi connectivity index (χ3v) is 4.06. The third-order valence-electron chi connectivity index (χ3n) is 4.06. The van der Waals surface area contributed by atoms with E-state index in [4.69, 9.17) is 0 Å². The van der Waals surface area contributed by atoms with E-state index < -0.39 is 0 Å². The van der Waals surface area contributed by atoms with Gasteiger partial charge < -0.3 is 10.2 Å². The van der Waals surface area contributed by atoms with Gasteiger partial charge in [-0.25, -0.2) is 0 Å². The Hall–Kier alpha value is -1.51. The highest BCUT2D eigenvalue weighted by atomic mass is 16.1. The van der Waals surface area contributed by atoms with Gasteiger partial charge in [-0.15, -0.1) is 0 Å². The van der Waals surface area contributed by atoms with Crippen molar-refractivity contribution in [2.24, 2.45) is 0 Å². The monoisotopic (exact) mass is 244 g/mol. The molecule has 2 heterocycles. The molecule has 2 aliphatic heterocycles. The van der Waals surface area contributed by atoms with E-state index in [1.165, 1.54) is 29.7 Å². The number of rotatable bonds is 2. The summed E-state index contributed by atoms with van der Waals surface area (Å²) in [7, 11) is 2.16. The zero-order chi connectivity index (χ0) is 12.5. The quantitative estimate of drug-likeness (QED) is 0.861. The Kier molecular flexibility index (Phi) is 2.98. The SMILES string of the molecule is CN1CCCc2cc(CC3CCC(=O)N3)ccc21. The Balaban J connectivity index is 1.75. The van der Waals surface area contributed by atoms with E-state index in [1.54, 1.807) is 0 Å². The van der Waals surface area contributed by atoms with E-state index in [-0.39, 0.29) is 5.91 Å². The van der Waals surface area contributed by atoms with Crippen molar-refractivity contribution in [1.82, 2.24) is 5.32 Å². The summed E-state index contributed by atoms with van der Waals surface area (Å²) in [6, 6.07) is 7.12. The van der Waals surface area contributed by atoms with Crippen LogP contribution in [0.15, 0.2) is 18.2 Å². The summed E-state index contributed by atoms with van der Waals surface area (Å²) in [6.45, 7) is 1.16. The number of hydrogen-bond donors (Lipinski definition) is 1. The minimum Gasteiger partial charge on any atom is -0.374 e. The van der Waals surface area contributed by atoms with E-state index in [9.17, 15) is 4.79 Å². The van der Waals surface area contributed by atoms with Crippen LogP contribution in [-0.2, 0) is 17.6 Å². The molecule has 3 rings (SSSR count). The van der Waals surface area contributed by atoms with E-state index in [2.05, 4.69) is 35.5 Å². The number of fused-ring (bicyclic) bond motifs is 1. The van der Waals surface area contributed by atoms with Gasteiger partial charge in [0.1, 0.15) is 0 Å². The van der Waals surface area contributed by atoms with Gasteiger partial charge in [0.2, 0.25) is 5.91 Å². The van der Waals surface area contributed by atoms with Crippen LogP contribution in [0.4, 0.5) is 5.69 Å². The molecule has 1 saturated heterocycles. The fourth-order valence-corrected chi connectivity index (χ4v) is 3.08. The van der Waals surface area contributed by atoms with Crippen LogP contribution in [0.25, 0.3) is 0 Å². The van der Waals surface area contributed by atoms with Gasteiger partial charge >= 0.3 is 0 Å². The van der Waals surface area contributed by atoms with Gasteiger partial charge in [-0.2, -0.15) is 0 Å². The number of anilines is 1. The molecule has 1 aromatic carbocycles. The van der Waals surface area contributed by atoms with Crippen LogP contribution >= 0.6 is 0 Å². The highest BCUT2D eigenvalue weighted by molar-refractivity contribution is 5.78. The average Bonchev–Trinajstić information content (AvgIpc) is 2.75. The number of amides is 1. The van der Waals surface area contributed by atoms with Gasteiger partial charge in [-0.05, 0) is 42.9 Å². The maximum absolute atomic E-state index is 11.2. The van der Waals surface area contributed by atoms with Crippen molar-refractivity contribution in [2.45, 2.75) is 38.1 Å². The van der Waals surface area contributed by atoms with Crippen LogP contribution < -0.4 is 10.2 Å². The first-order valence-electron chi connectivity index (χ1n) is 6.85. The van der Waals surface area contributed by atoms with Gasteiger partial charge in [0.15, 0.2) is 0 Å². The van der Waals surface area contributed by atoms with Gasteiger partial charge in [0, 0.05) is 31.7 Å². The second-order valence-electron chi connectivity index (χ2n) is 5.50. The largest absolute Gasteiger partial charge is 0.374 e. The Morgan fingerprint density at radius 1 is 1.39 bits per heavy atom. The zero-order valence-corrected chi connectivity index (χ0v) is 10.9. The topological polar surface area (TPSA) is 32.3 Å². The minimum absolute atomic E-state index is 0.206. The predicted molar refractivity (Wildman–Crippen MR) is 72.9 cm³/mol. The smallest absolute Gasteiger partial charge is 0.220 e. The summed E-state index contributed by atoms with van der Waals surface area (Å²) < 4.78 is 0. The van der Waals surface area contributed by atoms with E-state index in [0.717, 1.165) is 19.4 Å². The molecule has 0 radical (unpaired) electrons. The highest BCUT2D eigenvalue weighted by Gasteiger charge is 2.21. The zero-order valence-electron chi connectivity index (χ0n) is 10.9. The summed E-state index contributed by atoms with van der Waals surface area (Å²) in [6.07, 6.45) is 5.08. The summed E-state index contributed by atoms with van der Waals surface area (Å²) in [5.74, 6) is 0.206. The molecule has 18 heavy (non-hydrogen) atoms. The van der Waals surface area contributed by atoms with Crippen LogP contribution in [-0.4, -0.2) is 25.5 Å². The molecular weight excluding hydrogens is 224 g/mol. The first-order valence-corrected chi connectivity index (χ1v) is 6.85. The van der Waals surface area contributed by atoms with Crippen molar-refractivity contribution >= 4 is 11.6 Å². The standard InChI is InChI=1S/C15H20N2O/c1-17-8-2-3-12-9-11(4-6-14(12)17)10-13-5-7-15(18)16-13/h4,6,9,13H,2-3,5,7-8,10H2,1H3,(H,16,18). The minimum atomic E-state index is 0.206. The maximum atomic E-state index is 11.2. The molecule has 0 aromatic heterocycles. The lowest BCUT2D eigenvalue weighted by atomic mass is 9.96. The van der Waals surface area contributed by atoms with Crippen molar-refractivity contribution < 1.29 is 4.79 Å². The van der Waals surface area contributed by atoms with Crippen LogP contribution in [0.3, 0.4) is 0 Å². The van der Waals surface area contributed by atoms with Gasteiger partial charge in [0.05, 0.1) is 0 Å². The van der Waals surface area contributed by atoms with Gasteiger partial charge in [-0.3, -0.25) is 4.79 Å². The molecule has 0 aliphatic carbocycles. The Morgan fingerprint density at radius 2 is 2.28 bits per heavy atom. The van der Waals surface area contributed by atoms with Crippen LogP contribution in [0, 0.1) is 0 Å². The maximum Gasteiger partial charge on any atom is 0.220 e. The summed E-state index contributed by atoms with van der Waals surface area (Å²) in [5.41, 5.74) is 4.20. The highest BCUT2D eigenvalue weighted by Crippen LogP contribution is 2.27. The van der Waals surface area contributed by atoms with Crippen LogP contribution in [0.5, 0.6) is 0 Å². The lowest BCUT2D eigenvalue weighted by Gasteiger charge is -2.28. The molecule has 1 N–H and O–H groups in total. The molecule has 1 atom stereocenters. The summed E-state index contributed by atoms with van der Waals surface area (Å²) in [5, 5.41) is 3.04. The number of aryl methyl sites for hydroxylation is 1.